The van der Waals surface area contributed by atoms with Gasteiger partial charge in [-0.1, -0.05) is 24.8 Å². The number of hydrogen-bond acceptors (Lipinski definition) is 6. The molecule has 1 heterocycles. The Morgan fingerprint density at radius 1 is 1.34 bits per heavy atom. The molecule has 0 bridgehead atoms. The van der Waals surface area contributed by atoms with Gasteiger partial charge in [-0.15, -0.1) is 6.58 Å². The maximum absolute atomic E-state index is 12.9. The lowest BCUT2D eigenvalue weighted by atomic mass is 9.93. The molecule has 32 heavy (non-hydrogen) atoms. The van der Waals surface area contributed by atoms with Crippen molar-refractivity contribution in [1.82, 2.24) is 5.32 Å². The second-order valence-corrected chi connectivity index (χ2v) is 7.71. The van der Waals surface area contributed by atoms with E-state index >= 15 is 0 Å². The van der Waals surface area contributed by atoms with Crippen LogP contribution in [-0.2, 0) is 9.47 Å². The van der Waals surface area contributed by atoms with E-state index in [0.29, 0.717) is 37.3 Å². The highest BCUT2D eigenvalue weighted by atomic mass is 16.6. The van der Waals surface area contributed by atoms with Crippen molar-refractivity contribution in [3.63, 3.8) is 0 Å². The van der Waals surface area contributed by atoms with Crippen molar-refractivity contribution in [2.45, 2.75) is 44.8 Å². The smallest absolute Gasteiger partial charge is 0.415 e. The van der Waals surface area contributed by atoms with E-state index in [1.165, 1.54) is 7.11 Å². The second-order valence-electron chi connectivity index (χ2n) is 7.71. The normalized spacial score (nSPS) is 16.9. The van der Waals surface area contributed by atoms with Crippen LogP contribution in [0.2, 0.25) is 0 Å². The summed E-state index contributed by atoms with van der Waals surface area (Å²) in [6, 6.07) is 7.51. The van der Waals surface area contributed by atoms with Gasteiger partial charge in [-0.25, -0.2) is 9.59 Å². The third kappa shape index (κ3) is 5.89. The average Bonchev–Trinajstić information content (AvgIpc) is 2.79. The Bertz CT molecular complexity index is 879. The number of carbonyl (C=O) groups excluding carboxylic acids is 2. The number of methoxy groups -OCH3 is 1. The summed E-state index contributed by atoms with van der Waals surface area (Å²) < 4.78 is 10.5. The van der Waals surface area contributed by atoms with Gasteiger partial charge >= 0.3 is 12.2 Å². The Morgan fingerprint density at radius 3 is 2.72 bits per heavy atom. The SMILES string of the molecule is C=CCC(CNCCC#N)c1ccc2c(c1)N(C(=O)OC(C)C=C)CC(C)N2C(=O)OC. The Hall–Kier alpha value is -3.31. The van der Waals surface area contributed by atoms with Gasteiger partial charge in [-0.2, -0.15) is 5.26 Å². The minimum Gasteiger partial charge on any atom is -0.452 e. The van der Waals surface area contributed by atoms with Gasteiger partial charge in [-0.05, 0) is 43.9 Å². The van der Waals surface area contributed by atoms with Crippen LogP contribution in [0, 0.1) is 11.3 Å². The molecule has 1 aromatic carbocycles. The summed E-state index contributed by atoms with van der Waals surface area (Å²) in [5.41, 5.74) is 2.15. The molecule has 0 aromatic heterocycles. The molecule has 1 aliphatic heterocycles. The van der Waals surface area contributed by atoms with Gasteiger partial charge in [0.1, 0.15) is 6.10 Å². The highest BCUT2D eigenvalue weighted by molar-refractivity contribution is 6.01. The van der Waals surface area contributed by atoms with Gasteiger partial charge in [0, 0.05) is 19.5 Å². The van der Waals surface area contributed by atoms with Crippen LogP contribution in [0.25, 0.3) is 0 Å². The standard InChI is InChI=1S/C24H32N4O4/c1-6-9-20(15-26-13-8-12-25)19-10-11-21-22(14-19)27(23(29)32-18(4)7-2)16-17(3)28(21)24(30)31-5/h6-7,10-11,14,17-18,20,26H,1-2,8-9,13,15-16H2,3-5H3. The summed E-state index contributed by atoms with van der Waals surface area (Å²) in [7, 11) is 1.34. The molecule has 0 aliphatic carbocycles. The molecule has 1 aromatic rings. The average molecular weight is 441 g/mol. The van der Waals surface area contributed by atoms with E-state index < -0.39 is 18.3 Å². The molecule has 1 aliphatic rings. The fourth-order valence-electron chi connectivity index (χ4n) is 3.68. The quantitative estimate of drug-likeness (QED) is 0.453. The first-order valence-electron chi connectivity index (χ1n) is 10.7. The van der Waals surface area contributed by atoms with Crippen molar-refractivity contribution in [1.29, 1.82) is 5.26 Å². The summed E-state index contributed by atoms with van der Waals surface area (Å²) >= 11 is 0. The van der Waals surface area contributed by atoms with Crippen molar-refractivity contribution in [2.75, 3.05) is 36.5 Å². The predicted octanol–water partition coefficient (Wildman–Crippen LogP) is 4.34. The Labute approximate surface area is 190 Å². The molecule has 0 spiro atoms. The first-order chi connectivity index (χ1) is 15.4. The molecule has 2 rings (SSSR count). The summed E-state index contributed by atoms with van der Waals surface area (Å²) in [5.74, 6) is 0.0902. The van der Waals surface area contributed by atoms with Gasteiger partial charge in [0.05, 0.1) is 37.1 Å². The first kappa shape index (κ1) is 25.0. The molecule has 8 nitrogen and oxygen atoms in total. The molecule has 172 valence electrons. The first-order valence-corrected chi connectivity index (χ1v) is 10.7. The molecule has 3 unspecified atom stereocenters. The fourth-order valence-corrected chi connectivity index (χ4v) is 3.68. The zero-order valence-electron chi connectivity index (χ0n) is 19.0. The van der Waals surface area contributed by atoms with Crippen molar-refractivity contribution in [3.8, 4) is 6.07 Å². The zero-order chi connectivity index (χ0) is 23.7. The molecular weight excluding hydrogens is 408 g/mol. The van der Waals surface area contributed by atoms with Crippen LogP contribution < -0.4 is 15.1 Å². The lowest BCUT2D eigenvalue weighted by molar-refractivity contribution is 0.133. The molecule has 0 fully saturated rings. The summed E-state index contributed by atoms with van der Waals surface area (Å²) in [6.07, 6.45) is 3.11. The van der Waals surface area contributed by atoms with Crippen molar-refractivity contribution >= 4 is 23.6 Å². The Balaban J connectivity index is 2.45. The maximum atomic E-state index is 12.9. The third-order valence-electron chi connectivity index (χ3n) is 5.37. The van der Waals surface area contributed by atoms with Crippen molar-refractivity contribution in [2.24, 2.45) is 0 Å². The van der Waals surface area contributed by atoms with E-state index in [0.717, 1.165) is 5.56 Å². The minimum atomic E-state index is -0.500. The van der Waals surface area contributed by atoms with E-state index in [9.17, 15) is 9.59 Å². The van der Waals surface area contributed by atoms with E-state index in [1.54, 1.807) is 22.8 Å². The van der Waals surface area contributed by atoms with Gasteiger partial charge in [0.2, 0.25) is 0 Å². The lowest BCUT2D eigenvalue weighted by Gasteiger charge is -2.40. The highest BCUT2D eigenvalue weighted by Gasteiger charge is 2.37. The fraction of sp³-hybridized carbons (Fsp3) is 0.458. The second kappa shape index (κ2) is 11.9. The maximum Gasteiger partial charge on any atom is 0.415 e. The number of nitriles is 1. The number of fused-ring (bicyclic) bond motifs is 1. The molecule has 0 saturated carbocycles. The largest absolute Gasteiger partial charge is 0.452 e. The number of anilines is 2. The molecule has 0 saturated heterocycles. The summed E-state index contributed by atoms with van der Waals surface area (Å²) in [5, 5.41) is 12.0. The third-order valence-corrected chi connectivity index (χ3v) is 5.37. The Kier molecular flexibility index (Phi) is 9.29. The molecule has 0 radical (unpaired) electrons. The number of hydrogen-bond donors (Lipinski definition) is 1. The predicted molar refractivity (Wildman–Crippen MR) is 125 cm³/mol. The molecule has 2 amide bonds. The van der Waals surface area contributed by atoms with Gasteiger partial charge in [-0.3, -0.25) is 9.80 Å². The van der Waals surface area contributed by atoms with Gasteiger partial charge in [0.15, 0.2) is 0 Å². The van der Waals surface area contributed by atoms with Crippen LogP contribution in [0.5, 0.6) is 0 Å². The van der Waals surface area contributed by atoms with E-state index in [1.807, 2.05) is 31.2 Å². The number of benzene rings is 1. The van der Waals surface area contributed by atoms with Gasteiger partial charge < -0.3 is 14.8 Å². The lowest BCUT2D eigenvalue weighted by Crippen LogP contribution is -2.52. The Morgan fingerprint density at radius 2 is 2.09 bits per heavy atom. The van der Waals surface area contributed by atoms with Crippen LogP contribution in [-0.4, -0.2) is 51.1 Å². The summed E-state index contributed by atoms with van der Waals surface area (Å²) in [6.45, 7) is 12.6. The molecule has 8 heteroatoms. The number of carbonyl (C=O) groups is 2. The van der Waals surface area contributed by atoms with Crippen LogP contribution in [0.4, 0.5) is 21.0 Å². The van der Waals surface area contributed by atoms with Crippen molar-refractivity contribution < 1.29 is 19.1 Å². The molecule has 3 atom stereocenters. The molecule has 1 N–H and O–H groups in total. The zero-order valence-corrected chi connectivity index (χ0v) is 19.0. The van der Waals surface area contributed by atoms with E-state index in [-0.39, 0.29) is 18.5 Å². The van der Waals surface area contributed by atoms with Crippen LogP contribution in [0.1, 0.15) is 38.2 Å². The monoisotopic (exact) mass is 440 g/mol. The number of ether oxygens (including phenoxy) is 2. The molecular formula is C24H32N4O4. The van der Waals surface area contributed by atoms with Crippen LogP contribution >= 0.6 is 0 Å². The van der Waals surface area contributed by atoms with Crippen LogP contribution in [0.3, 0.4) is 0 Å². The number of nitrogens with zero attached hydrogens (tertiary/aromatic N) is 3. The number of nitrogens with one attached hydrogen (secondary N) is 1. The highest BCUT2D eigenvalue weighted by Crippen LogP contribution is 2.39. The number of rotatable bonds is 9. The summed E-state index contributed by atoms with van der Waals surface area (Å²) in [4.78, 5) is 28.5. The van der Waals surface area contributed by atoms with E-state index in [2.05, 4.69) is 24.5 Å². The minimum absolute atomic E-state index is 0.0902. The topological polar surface area (TPSA) is 94.9 Å². The van der Waals surface area contributed by atoms with Gasteiger partial charge in [0.25, 0.3) is 0 Å². The number of allylic oxidation sites excluding steroid dienone is 1. The van der Waals surface area contributed by atoms with E-state index in [4.69, 9.17) is 14.7 Å². The van der Waals surface area contributed by atoms with Crippen molar-refractivity contribution in [3.05, 3.63) is 49.1 Å². The number of amides is 2. The van der Waals surface area contributed by atoms with Crippen LogP contribution in [0.15, 0.2) is 43.5 Å².